The molecule has 20 heteroatoms. The van der Waals surface area contributed by atoms with E-state index in [9.17, 15) is 4.39 Å². The fraction of sp³-hybridized carbons (Fsp3) is 0.712. The van der Waals surface area contributed by atoms with Gasteiger partial charge in [0, 0.05) is 101 Å². The molecule has 0 saturated heterocycles. The van der Waals surface area contributed by atoms with Crippen molar-refractivity contribution in [3.63, 3.8) is 0 Å². The fourth-order valence-electron chi connectivity index (χ4n) is 9.27. The average Bonchev–Trinajstić information content (AvgIpc) is 2.87. The zero-order valence-corrected chi connectivity index (χ0v) is 53.3. The SMILES string of the molecule is C.C.C.CC(C)NC1=NCC(F)CN1.CC(C)NC1=NCC(O)CN1.CC(C)NC1=NCCCN1.CC(C)c1ccc2c(n1)NCCCC2.CC(C)c1ccc2c(n1)NCCCO2.CC(C)c1cn2c(n1)CCC2.CC(C)c1cn2c(n1)CCCC2. The molecule has 86 heavy (non-hydrogen) atoms. The number of aryl methyl sites for hydroxylation is 5. The summed E-state index contributed by atoms with van der Waals surface area (Å²) >= 11 is 0. The molecule has 0 aromatic carbocycles. The van der Waals surface area contributed by atoms with Crippen molar-refractivity contribution < 1.29 is 14.2 Å². The number of imidazole rings is 2. The van der Waals surface area contributed by atoms with Crippen LogP contribution < -0.4 is 47.3 Å². The first kappa shape index (κ1) is 75.9. The molecular formula is C66H120FN17O2. The Labute approximate surface area is 520 Å². The molecule has 11 heterocycles. The van der Waals surface area contributed by atoms with Gasteiger partial charge in [-0.25, -0.2) is 24.3 Å². The van der Waals surface area contributed by atoms with Crippen molar-refractivity contribution in [3.8, 4) is 5.75 Å². The molecule has 2 unspecified atom stereocenters. The highest BCUT2D eigenvalue weighted by Crippen LogP contribution is 2.27. The van der Waals surface area contributed by atoms with Crippen molar-refractivity contribution in [2.24, 2.45) is 15.0 Å². The van der Waals surface area contributed by atoms with Crippen molar-refractivity contribution in [2.75, 3.05) is 69.6 Å². The van der Waals surface area contributed by atoms with E-state index in [1.54, 1.807) is 0 Å². The van der Waals surface area contributed by atoms with Crippen LogP contribution in [0.4, 0.5) is 16.0 Å². The van der Waals surface area contributed by atoms with Crippen molar-refractivity contribution in [3.05, 3.63) is 76.6 Å². The van der Waals surface area contributed by atoms with E-state index in [0.717, 1.165) is 80.6 Å². The van der Waals surface area contributed by atoms with Crippen LogP contribution in [0.3, 0.4) is 0 Å². The number of anilines is 2. The Morgan fingerprint density at radius 1 is 0.500 bits per heavy atom. The van der Waals surface area contributed by atoms with Crippen LogP contribution in [-0.2, 0) is 32.4 Å². The monoisotopic (exact) mass is 1200 g/mol. The number of alkyl halides is 1. The largest absolute Gasteiger partial charge is 0.490 e. The standard InChI is InChI=1S/C12H18N2.C11H16N2O.C10H16N2.C9H14N2.C7H14FN3.C7H15N3O.C7H15N3.3CH4/c1-9(2)11-7-6-10-5-3-4-8-13-12(10)14-11;1-8(2)9-4-5-10-11(13-9)12-6-3-7-14-10;1-8(2)9-7-12-6-4-3-5-10(12)11-9;1-7(2)8-6-11-5-3-4-9(11)10-8;1-5(2)11-7-9-3-6(8)4-10-7;1-5(2)10-7-8-3-6(11)4-9-7;1-6(2)10-7-8-4-3-5-9-7;;;/h6-7,9H,3-5,8H2,1-2H3,(H,13,14);4-5,8H,3,6-7H2,1-2H3,(H,12,13);7-8H,3-6H2,1-2H3;6-7H,3-5H2,1-2H3;5-6H,3-4H2,1-2H3,(H2,9,10,11);5-6,11H,3-4H2,1-2H3,(H2,8,9,10);6H,3-5H2,1-2H3,(H2,8,9,10);3*1H4. The highest BCUT2D eigenvalue weighted by Gasteiger charge is 2.18. The Morgan fingerprint density at radius 3 is 1.50 bits per heavy atom. The molecule has 0 aliphatic carbocycles. The lowest BCUT2D eigenvalue weighted by atomic mass is 10.1. The summed E-state index contributed by atoms with van der Waals surface area (Å²) in [6.07, 6.45) is 15.4. The minimum Gasteiger partial charge on any atom is -0.490 e. The minimum atomic E-state index is -0.826. The van der Waals surface area contributed by atoms with Crippen molar-refractivity contribution in [1.82, 2.24) is 61.0 Å². The number of ether oxygens (including phenoxy) is 1. The Hall–Kier alpha value is -6.18. The number of aliphatic imine (C=N–C) groups is 3. The highest BCUT2D eigenvalue weighted by molar-refractivity contribution is 5.81. The molecule has 4 aromatic rings. The normalized spacial score (nSPS) is 17.8. The van der Waals surface area contributed by atoms with E-state index in [1.165, 1.54) is 98.8 Å². The second-order valence-electron chi connectivity index (χ2n) is 24.4. The third kappa shape index (κ3) is 27.7. The fourth-order valence-corrected chi connectivity index (χ4v) is 9.27. The first-order chi connectivity index (χ1) is 39.7. The molecule has 19 nitrogen and oxygen atoms in total. The summed E-state index contributed by atoms with van der Waals surface area (Å²) in [4.78, 5) is 30.7. The third-order valence-corrected chi connectivity index (χ3v) is 14.0. The van der Waals surface area contributed by atoms with E-state index in [4.69, 9.17) is 9.84 Å². The summed E-state index contributed by atoms with van der Waals surface area (Å²) in [5, 5.41) is 34.2. The number of hydrogen-bond acceptors (Lipinski definition) is 17. The molecule has 4 aromatic heterocycles. The molecule has 0 bridgehead atoms. The number of halogens is 1. The van der Waals surface area contributed by atoms with Gasteiger partial charge in [-0.1, -0.05) is 83.7 Å². The van der Waals surface area contributed by atoms with Gasteiger partial charge in [0.05, 0.1) is 43.7 Å². The van der Waals surface area contributed by atoms with E-state index in [-0.39, 0.29) is 34.9 Å². The van der Waals surface area contributed by atoms with Crippen LogP contribution in [0, 0.1) is 0 Å². The molecule has 7 aliphatic rings. The summed E-state index contributed by atoms with van der Waals surface area (Å²) < 4.78 is 22.7. The van der Waals surface area contributed by atoms with E-state index in [2.05, 4.69) is 194 Å². The number of β-amino-alcohol motifs (C(OH)–C–C–N with tert-alkyl or cyclic N) is 1. The molecular weight excluding hydrogens is 1080 g/mol. The zero-order valence-electron chi connectivity index (χ0n) is 53.3. The smallest absolute Gasteiger partial charge is 0.191 e. The molecule has 11 rings (SSSR count). The van der Waals surface area contributed by atoms with E-state index >= 15 is 0 Å². The van der Waals surface area contributed by atoms with Crippen molar-refractivity contribution >= 4 is 29.5 Å². The zero-order chi connectivity index (χ0) is 60.3. The number of fused-ring (bicyclic) bond motifs is 4. The summed E-state index contributed by atoms with van der Waals surface area (Å²) in [6, 6.07) is 9.65. The Bertz CT molecular complexity index is 2440. The number of pyridine rings is 2. The summed E-state index contributed by atoms with van der Waals surface area (Å²) in [7, 11) is 0. The van der Waals surface area contributed by atoms with Crippen LogP contribution in [-0.4, -0.2) is 141 Å². The van der Waals surface area contributed by atoms with Gasteiger partial charge in [0.25, 0.3) is 0 Å². The van der Waals surface area contributed by atoms with Gasteiger partial charge in [0.15, 0.2) is 29.4 Å². The minimum absolute atomic E-state index is 0. The molecule has 2 atom stereocenters. The third-order valence-electron chi connectivity index (χ3n) is 14.0. The number of rotatable bonds is 7. The topological polar surface area (TPSA) is 224 Å². The maximum atomic E-state index is 12.5. The maximum Gasteiger partial charge on any atom is 0.191 e. The second kappa shape index (κ2) is 40.3. The van der Waals surface area contributed by atoms with Gasteiger partial charge in [-0.3, -0.25) is 15.0 Å². The highest BCUT2D eigenvalue weighted by atomic mass is 19.1. The van der Waals surface area contributed by atoms with E-state index < -0.39 is 6.17 Å². The van der Waals surface area contributed by atoms with E-state index in [1.807, 2.05) is 26.0 Å². The van der Waals surface area contributed by atoms with Gasteiger partial charge in [-0.15, -0.1) is 0 Å². The second-order valence-corrected chi connectivity index (χ2v) is 24.4. The molecule has 0 fully saturated rings. The summed E-state index contributed by atoms with van der Waals surface area (Å²) in [5.74, 6) is 10.1. The lowest BCUT2D eigenvalue weighted by Gasteiger charge is -2.21. The number of aromatic nitrogens is 6. The number of aliphatic hydroxyl groups is 1. The van der Waals surface area contributed by atoms with Crippen molar-refractivity contribution in [1.29, 1.82) is 0 Å². The number of guanidine groups is 3. The molecule has 0 amide bonds. The Kier molecular flexibility index (Phi) is 35.6. The lowest BCUT2D eigenvalue weighted by Crippen LogP contribution is -2.48. The van der Waals surface area contributed by atoms with Crippen LogP contribution >= 0.6 is 0 Å². The van der Waals surface area contributed by atoms with Gasteiger partial charge in [-0.2, -0.15) is 0 Å². The van der Waals surface area contributed by atoms with Crippen molar-refractivity contribution in [2.45, 2.75) is 251 Å². The van der Waals surface area contributed by atoms with Gasteiger partial charge in [0.2, 0.25) is 0 Å². The van der Waals surface area contributed by atoms with Crippen LogP contribution in [0.1, 0.15) is 228 Å². The van der Waals surface area contributed by atoms with Crippen LogP contribution in [0.5, 0.6) is 5.75 Å². The average molecular weight is 1200 g/mol. The molecule has 7 aliphatic heterocycles. The van der Waals surface area contributed by atoms with Crippen LogP contribution in [0.15, 0.2) is 51.6 Å². The first-order valence-electron chi connectivity index (χ1n) is 31.4. The lowest BCUT2D eigenvalue weighted by molar-refractivity contribution is 0.180. The number of nitrogens with one attached hydrogen (secondary N) is 8. The van der Waals surface area contributed by atoms with Crippen LogP contribution in [0.2, 0.25) is 0 Å². The maximum absolute atomic E-state index is 12.5. The number of nitrogens with zero attached hydrogens (tertiary/aromatic N) is 9. The van der Waals surface area contributed by atoms with Gasteiger partial charge < -0.3 is 61.5 Å². The van der Waals surface area contributed by atoms with Gasteiger partial charge in [-0.05, 0) is 140 Å². The molecule has 488 valence electrons. The molecule has 0 radical (unpaired) electrons. The summed E-state index contributed by atoms with van der Waals surface area (Å²) in [5.41, 5.74) is 6.19. The quantitative estimate of drug-likeness (QED) is 0.0840. The Balaban J connectivity index is 0.000000341. The molecule has 0 spiro atoms. The van der Waals surface area contributed by atoms with Gasteiger partial charge >= 0.3 is 0 Å². The number of hydrogen-bond donors (Lipinski definition) is 9. The Morgan fingerprint density at radius 2 is 0.988 bits per heavy atom. The predicted molar refractivity (Wildman–Crippen MR) is 362 cm³/mol. The summed E-state index contributed by atoms with van der Waals surface area (Å²) in [6.45, 7) is 38.7. The predicted octanol–water partition coefficient (Wildman–Crippen LogP) is 11.5. The van der Waals surface area contributed by atoms with Gasteiger partial charge in [0.1, 0.15) is 23.6 Å². The molecule has 9 N–H and O–H groups in total. The van der Waals surface area contributed by atoms with E-state index in [0.29, 0.717) is 67.4 Å². The first-order valence-corrected chi connectivity index (χ1v) is 31.4. The molecule has 0 saturated carbocycles. The van der Waals surface area contributed by atoms with Crippen LogP contribution in [0.25, 0.3) is 0 Å². The number of aliphatic hydroxyl groups excluding tert-OH is 1.